The Labute approximate surface area is 180 Å². The molecule has 8 heteroatoms. The van der Waals surface area contributed by atoms with E-state index in [2.05, 4.69) is 20.7 Å². The summed E-state index contributed by atoms with van der Waals surface area (Å²) in [6.45, 7) is 6.15. The number of amides is 1. The van der Waals surface area contributed by atoms with Gasteiger partial charge in [-0.3, -0.25) is 4.79 Å². The fourth-order valence-corrected chi connectivity index (χ4v) is 4.89. The number of nitrogens with one attached hydrogen (secondary N) is 1. The predicted octanol–water partition coefficient (Wildman–Crippen LogP) is 3.74. The van der Waals surface area contributed by atoms with Crippen molar-refractivity contribution in [2.24, 2.45) is 5.92 Å². The van der Waals surface area contributed by atoms with Gasteiger partial charge in [-0.2, -0.15) is 0 Å². The highest BCUT2D eigenvalue weighted by molar-refractivity contribution is 9.10. The average Bonchev–Trinajstić information content (AvgIpc) is 2.99. The van der Waals surface area contributed by atoms with Gasteiger partial charge in [0.05, 0.1) is 4.90 Å². The van der Waals surface area contributed by atoms with Crippen LogP contribution in [0.1, 0.15) is 26.3 Å². The van der Waals surface area contributed by atoms with Gasteiger partial charge < -0.3 is 9.64 Å². The number of anilines is 1. The monoisotopic (exact) mass is 480 g/mol. The molecular weight excluding hydrogens is 456 g/mol. The van der Waals surface area contributed by atoms with Gasteiger partial charge in [-0.15, -0.1) is 0 Å². The number of sulfonamides is 1. The third-order valence-corrected chi connectivity index (χ3v) is 6.64. The molecule has 3 rings (SSSR count). The lowest BCUT2D eigenvalue weighted by atomic mass is 10.1. The van der Waals surface area contributed by atoms with Crippen LogP contribution < -0.4 is 14.4 Å². The van der Waals surface area contributed by atoms with Crippen LogP contribution in [0.5, 0.6) is 5.75 Å². The standard InChI is InChI=1S/C21H25BrN2O4S/c1-14(2)12-23-29(26,27)19-7-5-18(6-8-19)28-13-21(25)24-15(3)10-16-11-17(22)4-9-20(16)24/h4-9,11,14-15,23H,10,12-13H2,1-3H3/t15-/m0/s1. The smallest absolute Gasteiger partial charge is 0.265 e. The highest BCUT2D eigenvalue weighted by atomic mass is 79.9. The zero-order chi connectivity index (χ0) is 21.2. The summed E-state index contributed by atoms with van der Waals surface area (Å²) < 4.78 is 33.7. The number of hydrogen-bond donors (Lipinski definition) is 1. The van der Waals surface area contributed by atoms with E-state index in [1.807, 2.05) is 39.0 Å². The van der Waals surface area contributed by atoms with Crippen molar-refractivity contribution in [3.63, 3.8) is 0 Å². The molecule has 1 N–H and O–H groups in total. The first-order valence-corrected chi connectivity index (χ1v) is 11.8. The molecule has 1 heterocycles. The summed E-state index contributed by atoms with van der Waals surface area (Å²) >= 11 is 3.46. The fourth-order valence-electron chi connectivity index (χ4n) is 3.27. The predicted molar refractivity (Wildman–Crippen MR) is 117 cm³/mol. The van der Waals surface area contributed by atoms with E-state index in [-0.39, 0.29) is 29.4 Å². The van der Waals surface area contributed by atoms with Gasteiger partial charge in [0.1, 0.15) is 5.75 Å². The first-order valence-electron chi connectivity index (χ1n) is 9.50. The van der Waals surface area contributed by atoms with Gasteiger partial charge in [0.25, 0.3) is 5.91 Å². The maximum atomic E-state index is 12.7. The molecule has 1 amide bonds. The second-order valence-electron chi connectivity index (χ2n) is 7.60. The first kappa shape index (κ1) is 21.8. The number of carbonyl (C=O) groups is 1. The lowest BCUT2D eigenvalue weighted by Crippen LogP contribution is -2.39. The Morgan fingerprint density at radius 3 is 2.59 bits per heavy atom. The van der Waals surface area contributed by atoms with Gasteiger partial charge in [0, 0.05) is 22.7 Å². The van der Waals surface area contributed by atoms with Crippen molar-refractivity contribution in [1.82, 2.24) is 4.72 Å². The Morgan fingerprint density at radius 1 is 1.24 bits per heavy atom. The number of nitrogens with zero attached hydrogens (tertiary/aromatic N) is 1. The van der Waals surface area contributed by atoms with Gasteiger partial charge in [0.15, 0.2) is 6.61 Å². The zero-order valence-electron chi connectivity index (χ0n) is 16.7. The number of ether oxygens (including phenoxy) is 1. The van der Waals surface area contributed by atoms with Crippen LogP contribution in [0, 0.1) is 5.92 Å². The molecular formula is C21H25BrN2O4S. The summed E-state index contributed by atoms with van der Waals surface area (Å²) in [5.41, 5.74) is 2.04. The third-order valence-electron chi connectivity index (χ3n) is 4.70. The van der Waals surface area contributed by atoms with E-state index in [1.54, 1.807) is 17.0 Å². The molecule has 6 nitrogen and oxygen atoms in total. The van der Waals surface area contributed by atoms with Crippen LogP contribution in [-0.2, 0) is 21.2 Å². The summed E-state index contributed by atoms with van der Waals surface area (Å²) in [6, 6.07) is 12.0. The first-order chi connectivity index (χ1) is 13.7. The van der Waals surface area contributed by atoms with Crippen molar-refractivity contribution in [2.45, 2.75) is 38.1 Å². The van der Waals surface area contributed by atoms with Crippen molar-refractivity contribution < 1.29 is 17.9 Å². The molecule has 1 atom stereocenters. The van der Waals surface area contributed by atoms with Crippen LogP contribution in [0.3, 0.4) is 0 Å². The molecule has 2 aromatic carbocycles. The molecule has 0 aliphatic carbocycles. The van der Waals surface area contributed by atoms with E-state index in [0.717, 1.165) is 22.1 Å². The molecule has 0 bridgehead atoms. The minimum atomic E-state index is -3.55. The maximum absolute atomic E-state index is 12.7. The Bertz CT molecular complexity index is 990. The van der Waals surface area contributed by atoms with Gasteiger partial charge in [-0.25, -0.2) is 13.1 Å². The molecule has 1 aliphatic heterocycles. The molecule has 0 aromatic heterocycles. The van der Waals surface area contributed by atoms with E-state index in [1.165, 1.54) is 12.1 Å². The molecule has 0 fully saturated rings. The van der Waals surface area contributed by atoms with Gasteiger partial charge in [-0.05, 0) is 67.3 Å². The van der Waals surface area contributed by atoms with E-state index < -0.39 is 10.0 Å². The Kier molecular flexibility index (Phi) is 6.65. The fraction of sp³-hybridized carbons (Fsp3) is 0.381. The normalized spacial score (nSPS) is 16.2. The third kappa shape index (κ3) is 5.18. The number of carbonyl (C=O) groups excluding carboxylic acids is 1. The minimum Gasteiger partial charge on any atom is -0.484 e. The van der Waals surface area contributed by atoms with Crippen molar-refractivity contribution in [3.05, 3.63) is 52.5 Å². The van der Waals surface area contributed by atoms with Crippen LogP contribution in [0.15, 0.2) is 51.8 Å². The highest BCUT2D eigenvalue weighted by Crippen LogP contribution is 2.34. The van der Waals surface area contributed by atoms with E-state index in [0.29, 0.717) is 12.3 Å². The maximum Gasteiger partial charge on any atom is 0.265 e. The number of hydrogen-bond acceptors (Lipinski definition) is 4. The topological polar surface area (TPSA) is 75.7 Å². The summed E-state index contributed by atoms with van der Waals surface area (Å²) in [5.74, 6) is 0.538. The average molecular weight is 481 g/mol. The van der Waals surface area contributed by atoms with Crippen molar-refractivity contribution in [1.29, 1.82) is 0 Å². The quantitative estimate of drug-likeness (QED) is 0.654. The second kappa shape index (κ2) is 8.85. The lowest BCUT2D eigenvalue weighted by Gasteiger charge is -2.22. The summed E-state index contributed by atoms with van der Waals surface area (Å²) in [5, 5.41) is 0. The SMILES string of the molecule is CC(C)CNS(=O)(=O)c1ccc(OCC(=O)N2c3ccc(Br)cc3C[C@@H]2C)cc1. The van der Waals surface area contributed by atoms with Crippen LogP contribution >= 0.6 is 15.9 Å². The number of halogens is 1. The number of fused-ring (bicyclic) bond motifs is 1. The largest absolute Gasteiger partial charge is 0.484 e. The molecule has 1 aliphatic rings. The lowest BCUT2D eigenvalue weighted by molar-refractivity contribution is -0.120. The molecule has 29 heavy (non-hydrogen) atoms. The van der Waals surface area contributed by atoms with Crippen molar-refractivity contribution in [3.8, 4) is 5.75 Å². The second-order valence-corrected chi connectivity index (χ2v) is 10.3. The molecule has 156 valence electrons. The van der Waals surface area contributed by atoms with Gasteiger partial charge in [-0.1, -0.05) is 29.8 Å². The molecule has 0 radical (unpaired) electrons. The van der Waals surface area contributed by atoms with Crippen LogP contribution in [0.4, 0.5) is 5.69 Å². The molecule has 0 saturated heterocycles. The van der Waals surface area contributed by atoms with Crippen LogP contribution in [0.25, 0.3) is 0 Å². The van der Waals surface area contributed by atoms with Gasteiger partial charge in [0.2, 0.25) is 10.0 Å². The summed E-state index contributed by atoms with van der Waals surface area (Å²) in [6.07, 6.45) is 0.802. The minimum absolute atomic E-state index is 0.0648. The van der Waals surface area contributed by atoms with E-state index in [4.69, 9.17) is 4.74 Å². The Balaban J connectivity index is 1.63. The molecule has 2 aromatic rings. The molecule has 0 unspecified atom stereocenters. The molecule has 0 saturated carbocycles. The van der Waals surface area contributed by atoms with Crippen molar-refractivity contribution in [2.75, 3.05) is 18.1 Å². The van der Waals surface area contributed by atoms with Crippen LogP contribution in [-0.4, -0.2) is 33.5 Å². The summed E-state index contributed by atoms with van der Waals surface area (Å²) in [7, 11) is -3.55. The van der Waals surface area contributed by atoms with E-state index in [9.17, 15) is 13.2 Å². The van der Waals surface area contributed by atoms with Gasteiger partial charge >= 0.3 is 0 Å². The van der Waals surface area contributed by atoms with E-state index >= 15 is 0 Å². The Morgan fingerprint density at radius 2 is 1.93 bits per heavy atom. The van der Waals surface area contributed by atoms with Crippen molar-refractivity contribution >= 4 is 37.5 Å². The summed E-state index contributed by atoms with van der Waals surface area (Å²) in [4.78, 5) is 14.7. The Hall–Kier alpha value is -1.90. The number of benzene rings is 2. The number of rotatable bonds is 7. The van der Waals surface area contributed by atoms with Crippen LogP contribution in [0.2, 0.25) is 0 Å². The zero-order valence-corrected chi connectivity index (χ0v) is 19.1. The molecule has 0 spiro atoms. The highest BCUT2D eigenvalue weighted by Gasteiger charge is 2.31.